The molecule has 29 heavy (non-hydrogen) atoms. The molecule has 5 heteroatoms. The van der Waals surface area contributed by atoms with Crippen molar-refractivity contribution in [2.75, 3.05) is 25.0 Å². The van der Waals surface area contributed by atoms with E-state index in [-0.39, 0.29) is 5.91 Å². The minimum absolute atomic E-state index is 0.0892. The van der Waals surface area contributed by atoms with Gasteiger partial charge in [0.1, 0.15) is 12.4 Å². The molecule has 0 spiro atoms. The zero-order chi connectivity index (χ0) is 20.0. The molecule has 0 bridgehead atoms. The highest BCUT2D eigenvalue weighted by molar-refractivity contribution is 6.36. The lowest BCUT2D eigenvalue weighted by atomic mass is 9.98. The van der Waals surface area contributed by atoms with Gasteiger partial charge in [-0.1, -0.05) is 36.4 Å². The molecule has 1 N–H and O–H groups in total. The first-order valence-corrected chi connectivity index (χ1v) is 10.4. The zero-order valence-electron chi connectivity index (χ0n) is 16.9. The van der Waals surface area contributed by atoms with Crippen LogP contribution < -0.4 is 5.32 Å². The Morgan fingerprint density at radius 2 is 1.86 bits per heavy atom. The minimum atomic E-state index is -0.0892. The number of morpholine rings is 1. The maximum absolute atomic E-state index is 12.6. The fraction of sp³-hybridized carbons (Fsp3) is 0.375. The smallest absolute Gasteiger partial charge is 0.260 e. The fourth-order valence-electron chi connectivity index (χ4n) is 4.67. The lowest BCUT2D eigenvalue weighted by Gasteiger charge is -2.35. The molecule has 0 saturated carbocycles. The Balaban J connectivity index is 1.37. The van der Waals surface area contributed by atoms with Gasteiger partial charge in [0.15, 0.2) is 0 Å². The molecule has 2 unspecified atom stereocenters. The standard InChI is InChI=1S/C24H26N2O3/c1-15-12-26(13-16(2)29-15)10-9-17-7-8-19-18(11-17)14-28-23(19)22-20-5-3-4-6-21(20)25-24(22)27/h3-8,11,15-16H,9-10,12-14H2,1-2H3,(H,25,27). The molecule has 1 saturated heterocycles. The Morgan fingerprint density at radius 1 is 1.07 bits per heavy atom. The van der Waals surface area contributed by atoms with E-state index in [1.165, 1.54) is 5.56 Å². The Kier molecular flexibility index (Phi) is 4.64. The van der Waals surface area contributed by atoms with Crippen molar-refractivity contribution in [1.82, 2.24) is 4.90 Å². The van der Waals surface area contributed by atoms with Crippen LogP contribution in [0.3, 0.4) is 0 Å². The fourth-order valence-corrected chi connectivity index (χ4v) is 4.67. The second-order valence-electron chi connectivity index (χ2n) is 8.25. The van der Waals surface area contributed by atoms with E-state index in [4.69, 9.17) is 9.47 Å². The van der Waals surface area contributed by atoms with E-state index in [0.717, 1.165) is 48.4 Å². The predicted molar refractivity (Wildman–Crippen MR) is 113 cm³/mol. The molecule has 3 aliphatic heterocycles. The average molecular weight is 390 g/mol. The molecule has 5 rings (SSSR count). The van der Waals surface area contributed by atoms with Gasteiger partial charge in [-0.3, -0.25) is 9.69 Å². The summed E-state index contributed by atoms with van der Waals surface area (Å²) in [6, 6.07) is 14.3. The van der Waals surface area contributed by atoms with Crippen LogP contribution in [0.5, 0.6) is 0 Å². The zero-order valence-corrected chi connectivity index (χ0v) is 16.9. The normalized spacial score (nSPS) is 26.1. The van der Waals surface area contributed by atoms with Gasteiger partial charge in [-0.15, -0.1) is 0 Å². The molecule has 150 valence electrons. The molecule has 1 fully saturated rings. The lowest BCUT2D eigenvalue weighted by Crippen LogP contribution is -2.46. The van der Waals surface area contributed by atoms with Crippen molar-refractivity contribution >= 4 is 22.9 Å². The number of carbonyl (C=O) groups is 1. The Morgan fingerprint density at radius 3 is 2.69 bits per heavy atom. The second-order valence-corrected chi connectivity index (χ2v) is 8.25. The number of fused-ring (bicyclic) bond motifs is 2. The van der Waals surface area contributed by atoms with Crippen LogP contribution in [0.15, 0.2) is 42.5 Å². The van der Waals surface area contributed by atoms with Crippen molar-refractivity contribution in [3.63, 3.8) is 0 Å². The lowest BCUT2D eigenvalue weighted by molar-refractivity contribution is -0.110. The van der Waals surface area contributed by atoms with Crippen LogP contribution >= 0.6 is 0 Å². The highest BCUT2D eigenvalue weighted by Crippen LogP contribution is 2.41. The van der Waals surface area contributed by atoms with Gasteiger partial charge in [-0.2, -0.15) is 0 Å². The van der Waals surface area contributed by atoms with E-state index in [0.29, 0.717) is 30.1 Å². The van der Waals surface area contributed by atoms with Gasteiger partial charge < -0.3 is 14.8 Å². The topological polar surface area (TPSA) is 50.8 Å². The van der Waals surface area contributed by atoms with Crippen LogP contribution in [0, 0.1) is 0 Å². The first-order valence-electron chi connectivity index (χ1n) is 10.4. The number of benzene rings is 2. The van der Waals surface area contributed by atoms with E-state index < -0.39 is 0 Å². The number of para-hydroxylation sites is 1. The number of anilines is 1. The first kappa shape index (κ1) is 18.4. The number of ether oxygens (including phenoxy) is 2. The van der Waals surface area contributed by atoms with Gasteiger partial charge in [-0.25, -0.2) is 0 Å². The first-order chi connectivity index (χ1) is 14.1. The summed E-state index contributed by atoms with van der Waals surface area (Å²) in [6.45, 7) is 7.81. The summed E-state index contributed by atoms with van der Waals surface area (Å²) < 4.78 is 11.8. The number of nitrogens with zero attached hydrogens (tertiary/aromatic N) is 1. The molecule has 3 heterocycles. The summed E-state index contributed by atoms with van der Waals surface area (Å²) in [7, 11) is 0. The third-order valence-electron chi connectivity index (χ3n) is 5.90. The second kappa shape index (κ2) is 7.32. The molecular formula is C24H26N2O3. The maximum atomic E-state index is 12.6. The van der Waals surface area contributed by atoms with Gasteiger partial charge in [0.2, 0.25) is 0 Å². The van der Waals surface area contributed by atoms with Crippen molar-refractivity contribution in [3.05, 3.63) is 64.7 Å². The maximum Gasteiger partial charge on any atom is 0.260 e. The summed E-state index contributed by atoms with van der Waals surface area (Å²) >= 11 is 0. The van der Waals surface area contributed by atoms with Crippen molar-refractivity contribution in [2.24, 2.45) is 0 Å². The van der Waals surface area contributed by atoms with Crippen molar-refractivity contribution < 1.29 is 14.3 Å². The van der Waals surface area contributed by atoms with Crippen molar-refractivity contribution in [3.8, 4) is 0 Å². The third kappa shape index (κ3) is 3.45. The van der Waals surface area contributed by atoms with Crippen LogP contribution in [0.2, 0.25) is 0 Å². The van der Waals surface area contributed by atoms with Crippen molar-refractivity contribution in [1.29, 1.82) is 0 Å². The molecule has 2 aromatic rings. The number of hydrogen-bond donors (Lipinski definition) is 1. The summed E-state index contributed by atoms with van der Waals surface area (Å²) in [4.78, 5) is 15.0. The van der Waals surface area contributed by atoms with Gasteiger partial charge in [0, 0.05) is 42.0 Å². The van der Waals surface area contributed by atoms with Crippen LogP contribution in [-0.4, -0.2) is 42.6 Å². The Bertz CT molecular complexity index is 987. The van der Waals surface area contributed by atoms with E-state index in [1.54, 1.807) is 0 Å². The van der Waals surface area contributed by atoms with Gasteiger partial charge in [-0.05, 0) is 31.9 Å². The SMILES string of the molecule is CC1CN(CCc2ccc3c(c2)COC3=C2C(=O)Nc3ccccc32)CC(C)O1. The van der Waals surface area contributed by atoms with Gasteiger partial charge in [0.25, 0.3) is 5.91 Å². The summed E-state index contributed by atoms with van der Waals surface area (Å²) in [5, 5.41) is 2.94. The van der Waals surface area contributed by atoms with Crippen LogP contribution in [0.1, 0.15) is 36.1 Å². The van der Waals surface area contributed by atoms with Gasteiger partial charge >= 0.3 is 0 Å². The minimum Gasteiger partial charge on any atom is -0.487 e. The quantitative estimate of drug-likeness (QED) is 0.812. The highest BCUT2D eigenvalue weighted by Gasteiger charge is 2.32. The average Bonchev–Trinajstić information content (AvgIpc) is 3.24. The summed E-state index contributed by atoms with van der Waals surface area (Å²) in [6.07, 6.45) is 1.59. The number of carbonyl (C=O) groups excluding carboxylic acids is 1. The van der Waals surface area contributed by atoms with E-state index in [9.17, 15) is 4.79 Å². The number of rotatable bonds is 3. The predicted octanol–water partition coefficient (Wildman–Crippen LogP) is 3.69. The molecule has 2 aromatic carbocycles. The van der Waals surface area contributed by atoms with E-state index in [2.05, 4.69) is 42.3 Å². The number of hydrogen-bond acceptors (Lipinski definition) is 4. The van der Waals surface area contributed by atoms with Crippen LogP contribution in [0.25, 0.3) is 11.3 Å². The highest BCUT2D eigenvalue weighted by atomic mass is 16.5. The molecule has 0 radical (unpaired) electrons. The third-order valence-corrected chi connectivity index (χ3v) is 5.90. The van der Waals surface area contributed by atoms with E-state index in [1.807, 2.05) is 24.3 Å². The largest absolute Gasteiger partial charge is 0.487 e. The Labute approximate surface area is 171 Å². The number of amides is 1. The van der Waals surface area contributed by atoms with Gasteiger partial charge in [0.05, 0.1) is 17.8 Å². The Hall–Kier alpha value is -2.63. The molecule has 0 aliphatic carbocycles. The van der Waals surface area contributed by atoms with E-state index >= 15 is 0 Å². The molecule has 5 nitrogen and oxygen atoms in total. The monoisotopic (exact) mass is 390 g/mol. The summed E-state index contributed by atoms with van der Waals surface area (Å²) in [5.74, 6) is 0.610. The summed E-state index contributed by atoms with van der Waals surface area (Å²) in [5.41, 5.74) is 5.91. The molecule has 3 aliphatic rings. The molecule has 1 amide bonds. The van der Waals surface area contributed by atoms with Crippen LogP contribution in [0.4, 0.5) is 5.69 Å². The molecular weight excluding hydrogens is 364 g/mol. The van der Waals surface area contributed by atoms with Crippen molar-refractivity contribution in [2.45, 2.75) is 39.1 Å². The number of nitrogens with one attached hydrogen (secondary N) is 1. The van der Waals surface area contributed by atoms with Crippen LogP contribution in [-0.2, 0) is 27.3 Å². The molecule has 0 aromatic heterocycles. The molecule has 2 atom stereocenters.